The minimum Gasteiger partial charge on any atom is -0.480 e. The molecule has 1 aromatic rings. The van der Waals surface area contributed by atoms with E-state index in [0.717, 1.165) is 0 Å². The molecule has 0 saturated carbocycles. The van der Waals surface area contributed by atoms with Crippen molar-refractivity contribution in [2.75, 3.05) is 0 Å². The molecule has 0 heterocycles. The number of halogens is 3. The molecule has 0 saturated heterocycles. The predicted octanol–water partition coefficient (Wildman–Crippen LogP) is 2.38. The topological polar surface area (TPSA) is 66.4 Å². The highest BCUT2D eigenvalue weighted by Gasteiger charge is 2.26. The van der Waals surface area contributed by atoms with Gasteiger partial charge in [-0.2, -0.15) is 13.2 Å². The Balaban J connectivity index is 2.62. The third kappa shape index (κ3) is 5.29. The molecule has 0 spiro atoms. The molecule has 0 aliphatic heterocycles. The first kappa shape index (κ1) is 16.0. The summed E-state index contributed by atoms with van der Waals surface area (Å²) in [7, 11) is 0. The van der Waals surface area contributed by atoms with E-state index in [1.807, 2.05) is 0 Å². The molecule has 1 unspecified atom stereocenters. The molecular weight excluding hydrogens is 275 g/mol. The molecule has 0 aromatic heterocycles. The van der Waals surface area contributed by atoms with Gasteiger partial charge in [-0.15, -0.1) is 0 Å². The Hall–Kier alpha value is -2.05. The summed E-state index contributed by atoms with van der Waals surface area (Å²) in [6, 6.07) is 4.55. The molecule has 2 N–H and O–H groups in total. The number of aryl methyl sites for hydroxylation is 1. The maximum Gasteiger partial charge on any atom is 0.389 e. The summed E-state index contributed by atoms with van der Waals surface area (Å²) in [5.74, 6) is -1.75. The molecule has 1 amide bonds. The lowest BCUT2D eigenvalue weighted by Gasteiger charge is -2.10. The van der Waals surface area contributed by atoms with E-state index < -0.39 is 30.5 Å². The number of carboxylic acid groups (broad SMARTS) is 1. The van der Waals surface area contributed by atoms with Crippen LogP contribution in [-0.4, -0.2) is 29.2 Å². The van der Waals surface area contributed by atoms with E-state index in [9.17, 15) is 22.8 Å². The minimum atomic E-state index is -4.22. The lowest BCUT2D eigenvalue weighted by atomic mass is 10.1. The average Bonchev–Trinajstić information content (AvgIpc) is 2.35. The average molecular weight is 289 g/mol. The standard InChI is InChI=1S/C13H14F3NO3/c1-8(12(19)20)17-11(18)10-4-2-9(3-5-10)6-7-13(14,15)16/h2-5,8H,6-7H2,1H3,(H,17,18)(H,19,20). The van der Waals surface area contributed by atoms with Gasteiger partial charge in [-0.1, -0.05) is 12.1 Å². The van der Waals surface area contributed by atoms with Crippen molar-refractivity contribution >= 4 is 11.9 Å². The maximum absolute atomic E-state index is 12.0. The zero-order valence-electron chi connectivity index (χ0n) is 10.7. The highest BCUT2D eigenvalue weighted by atomic mass is 19.4. The Labute approximate surface area is 113 Å². The minimum absolute atomic E-state index is 0.156. The van der Waals surface area contributed by atoms with Crippen LogP contribution in [0.1, 0.15) is 29.3 Å². The van der Waals surface area contributed by atoms with Gasteiger partial charge in [0.1, 0.15) is 6.04 Å². The van der Waals surface area contributed by atoms with Crippen LogP contribution in [0, 0.1) is 0 Å². The third-order valence-electron chi connectivity index (χ3n) is 2.63. The fourth-order valence-corrected chi connectivity index (χ4v) is 1.45. The molecule has 1 aromatic carbocycles. The molecular formula is C13H14F3NO3. The number of alkyl halides is 3. The molecule has 1 atom stereocenters. The van der Waals surface area contributed by atoms with Gasteiger partial charge in [0, 0.05) is 12.0 Å². The van der Waals surface area contributed by atoms with Crippen LogP contribution in [-0.2, 0) is 11.2 Å². The lowest BCUT2D eigenvalue weighted by molar-refractivity contribution is -0.138. The van der Waals surface area contributed by atoms with Crippen LogP contribution in [0.2, 0.25) is 0 Å². The number of rotatable bonds is 5. The van der Waals surface area contributed by atoms with Crippen LogP contribution in [0.4, 0.5) is 13.2 Å². The van der Waals surface area contributed by atoms with E-state index in [-0.39, 0.29) is 12.0 Å². The van der Waals surface area contributed by atoms with Gasteiger partial charge in [-0.05, 0) is 31.0 Å². The highest BCUT2D eigenvalue weighted by Crippen LogP contribution is 2.22. The van der Waals surface area contributed by atoms with E-state index in [1.54, 1.807) is 0 Å². The molecule has 7 heteroatoms. The van der Waals surface area contributed by atoms with E-state index in [2.05, 4.69) is 5.32 Å². The highest BCUT2D eigenvalue weighted by molar-refractivity contribution is 5.96. The summed E-state index contributed by atoms with van der Waals surface area (Å²) in [5, 5.41) is 10.9. The summed E-state index contributed by atoms with van der Waals surface area (Å²) in [5.41, 5.74) is 0.666. The summed E-state index contributed by atoms with van der Waals surface area (Å²) >= 11 is 0. The van der Waals surface area contributed by atoms with Crippen molar-refractivity contribution in [1.82, 2.24) is 5.32 Å². The van der Waals surface area contributed by atoms with Crippen LogP contribution in [0.3, 0.4) is 0 Å². The number of amides is 1. The second kappa shape index (κ2) is 6.40. The Kier molecular flexibility index (Phi) is 5.12. The smallest absolute Gasteiger partial charge is 0.389 e. The van der Waals surface area contributed by atoms with Gasteiger partial charge in [0.25, 0.3) is 5.91 Å². The molecule has 1 rings (SSSR count). The van der Waals surface area contributed by atoms with E-state index in [0.29, 0.717) is 5.56 Å². The molecule has 110 valence electrons. The van der Waals surface area contributed by atoms with Gasteiger partial charge >= 0.3 is 12.1 Å². The molecule has 0 aliphatic carbocycles. The van der Waals surface area contributed by atoms with Crippen molar-refractivity contribution in [2.24, 2.45) is 0 Å². The number of hydrogen-bond acceptors (Lipinski definition) is 2. The lowest BCUT2D eigenvalue weighted by Crippen LogP contribution is -2.38. The monoisotopic (exact) mass is 289 g/mol. The van der Waals surface area contributed by atoms with Gasteiger partial charge in [-0.25, -0.2) is 0 Å². The van der Waals surface area contributed by atoms with Crippen LogP contribution < -0.4 is 5.32 Å². The molecule has 0 radical (unpaired) electrons. The zero-order chi connectivity index (χ0) is 15.3. The van der Waals surface area contributed by atoms with Crippen LogP contribution in [0.25, 0.3) is 0 Å². The van der Waals surface area contributed by atoms with Crippen molar-refractivity contribution in [3.05, 3.63) is 35.4 Å². The van der Waals surface area contributed by atoms with Crippen molar-refractivity contribution < 1.29 is 27.9 Å². The van der Waals surface area contributed by atoms with Crippen molar-refractivity contribution in [3.63, 3.8) is 0 Å². The Morgan fingerprint density at radius 3 is 2.25 bits per heavy atom. The summed E-state index contributed by atoms with van der Waals surface area (Å²) in [6.07, 6.45) is -5.29. The number of hydrogen-bond donors (Lipinski definition) is 2. The number of benzene rings is 1. The van der Waals surface area contributed by atoms with Crippen LogP contribution >= 0.6 is 0 Å². The molecule has 0 aliphatic rings. The number of nitrogens with one attached hydrogen (secondary N) is 1. The van der Waals surface area contributed by atoms with E-state index in [4.69, 9.17) is 5.11 Å². The van der Waals surface area contributed by atoms with Gasteiger partial charge in [-0.3, -0.25) is 9.59 Å². The van der Waals surface area contributed by atoms with E-state index >= 15 is 0 Å². The summed E-state index contributed by atoms with van der Waals surface area (Å²) < 4.78 is 36.1. The number of carbonyl (C=O) groups excluding carboxylic acids is 1. The predicted molar refractivity (Wildman–Crippen MR) is 65.4 cm³/mol. The fraction of sp³-hybridized carbons (Fsp3) is 0.385. The summed E-state index contributed by atoms with van der Waals surface area (Å²) in [4.78, 5) is 22.2. The molecule has 0 fully saturated rings. The zero-order valence-corrected chi connectivity index (χ0v) is 10.7. The van der Waals surface area contributed by atoms with Gasteiger partial charge < -0.3 is 10.4 Å². The normalized spacial score (nSPS) is 12.8. The molecule has 20 heavy (non-hydrogen) atoms. The van der Waals surface area contributed by atoms with Crippen LogP contribution in [0.5, 0.6) is 0 Å². The second-order valence-electron chi connectivity index (χ2n) is 4.35. The van der Waals surface area contributed by atoms with Gasteiger partial charge in [0.05, 0.1) is 0 Å². The fourth-order valence-electron chi connectivity index (χ4n) is 1.45. The van der Waals surface area contributed by atoms with Gasteiger partial charge in [0.2, 0.25) is 0 Å². The Morgan fingerprint density at radius 2 is 1.80 bits per heavy atom. The first-order chi connectivity index (χ1) is 9.19. The van der Waals surface area contributed by atoms with Crippen molar-refractivity contribution in [1.29, 1.82) is 0 Å². The largest absolute Gasteiger partial charge is 0.480 e. The SMILES string of the molecule is CC(NC(=O)c1ccc(CCC(F)(F)F)cc1)C(=O)O. The van der Waals surface area contributed by atoms with Crippen molar-refractivity contribution in [2.45, 2.75) is 32.0 Å². The first-order valence-electron chi connectivity index (χ1n) is 5.88. The second-order valence-corrected chi connectivity index (χ2v) is 4.35. The summed E-state index contributed by atoms with van der Waals surface area (Å²) in [6.45, 7) is 1.32. The maximum atomic E-state index is 12.0. The number of carboxylic acids is 1. The third-order valence-corrected chi connectivity index (χ3v) is 2.63. The number of aliphatic carboxylic acids is 1. The first-order valence-corrected chi connectivity index (χ1v) is 5.88. The number of carbonyl (C=O) groups is 2. The molecule has 4 nitrogen and oxygen atoms in total. The van der Waals surface area contributed by atoms with Crippen molar-refractivity contribution in [3.8, 4) is 0 Å². The van der Waals surface area contributed by atoms with E-state index in [1.165, 1.54) is 31.2 Å². The Bertz CT molecular complexity index is 483. The van der Waals surface area contributed by atoms with Gasteiger partial charge in [0.15, 0.2) is 0 Å². The molecule has 0 bridgehead atoms. The van der Waals surface area contributed by atoms with Crippen LogP contribution in [0.15, 0.2) is 24.3 Å². The quantitative estimate of drug-likeness (QED) is 0.874. The Morgan fingerprint density at radius 1 is 1.25 bits per heavy atom.